The molecule has 5 heteroatoms. The summed E-state index contributed by atoms with van der Waals surface area (Å²) >= 11 is 5.64. The summed E-state index contributed by atoms with van der Waals surface area (Å²) in [5.41, 5.74) is 2.80. The zero-order valence-electron chi connectivity index (χ0n) is 11.1. The van der Waals surface area contributed by atoms with E-state index in [1.807, 2.05) is 38.1 Å². The van der Waals surface area contributed by atoms with Crippen LogP contribution in [0.1, 0.15) is 17.5 Å². The number of amides is 1. The van der Waals surface area contributed by atoms with Gasteiger partial charge in [-0.25, -0.2) is 0 Å². The second kappa shape index (κ2) is 7.78. The van der Waals surface area contributed by atoms with Gasteiger partial charge < -0.3 is 4.74 Å². The lowest BCUT2D eigenvalue weighted by Crippen LogP contribution is -2.35. The molecule has 0 aliphatic rings. The molecule has 0 bridgehead atoms. The molecule has 0 saturated heterocycles. The fourth-order valence-electron chi connectivity index (χ4n) is 1.84. The Morgan fingerprint density at radius 2 is 2.05 bits per heavy atom. The van der Waals surface area contributed by atoms with Gasteiger partial charge in [-0.05, 0) is 25.0 Å². The van der Waals surface area contributed by atoms with E-state index in [0.29, 0.717) is 13.0 Å². The first-order chi connectivity index (χ1) is 9.11. The Morgan fingerprint density at radius 3 is 2.58 bits per heavy atom. The molecule has 0 saturated carbocycles. The number of benzene rings is 1. The lowest BCUT2D eigenvalue weighted by atomic mass is 10.1. The normalized spacial score (nSPS) is 10.0. The summed E-state index contributed by atoms with van der Waals surface area (Å²) in [6, 6.07) is 7.80. The first-order valence-corrected chi connectivity index (χ1v) is 6.52. The third-order valence-electron chi connectivity index (χ3n) is 2.70. The fourth-order valence-corrected chi connectivity index (χ4v) is 1.98. The van der Waals surface area contributed by atoms with Crippen molar-refractivity contribution in [3.8, 4) is 6.07 Å². The predicted molar refractivity (Wildman–Crippen MR) is 75.2 cm³/mol. The van der Waals surface area contributed by atoms with Crippen LogP contribution in [0.5, 0.6) is 0 Å². The summed E-state index contributed by atoms with van der Waals surface area (Å²) < 4.78 is 5.35. The topological polar surface area (TPSA) is 53.3 Å². The molecule has 0 heterocycles. The molecular weight excluding hydrogens is 264 g/mol. The van der Waals surface area contributed by atoms with Crippen molar-refractivity contribution in [3.63, 3.8) is 0 Å². The van der Waals surface area contributed by atoms with Gasteiger partial charge in [0.25, 0.3) is 0 Å². The molecule has 1 amide bonds. The van der Waals surface area contributed by atoms with Crippen molar-refractivity contribution in [3.05, 3.63) is 29.3 Å². The number of hydrogen-bond donors (Lipinski definition) is 0. The molecular formula is C14H17ClN2O2. The molecule has 4 nitrogen and oxygen atoms in total. The van der Waals surface area contributed by atoms with E-state index in [4.69, 9.17) is 21.6 Å². The van der Waals surface area contributed by atoms with Crippen molar-refractivity contribution in [2.75, 3.05) is 24.1 Å². The van der Waals surface area contributed by atoms with Gasteiger partial charge in [-0.1, -0.05) is 18.2 Å². The summed E-state index contributed by atoms with van der Waals surface area (Å²) in [5.74, 6) is -0.314. The number of carbonyl (C=O) groups excluding carboxylic acids is 1. The molecule has 19 heavy (non-hydrogen) atoms. The van der Waals surface area contributed by atoms with E-state index in [-0.39, 0.29) is 18.5 Å². The van der Waals surface area contributed by atoms with E-state index in [1.54, 1.807) is 0 Å². The third kappa shape index (κ3) is 4.23. The summed E-state index contributed by atoms with van der Waals surface area (Å²) in [7, 11) is 0. The SMILES string of the molecule is Cc1cccc(C)c1N(COCCC#N)C(=O)CCl. The van der Waals surface area contributed by atoms with Crippen molar-refractivity contribution >= 4 is 23.2 Å². The highest BCUT2D eigenvalue weighted by molar-refractivity contribution is 6.29. The van der Waals surface area contributed by atoms with E-state index >= 15 is 0 Å². The van der Waals surface area contributed by atoms with E-state index in [1.165, 1.54) is 4.90 Å². The van der Waals surface area contributed by atoms with Gasteiger partial charge in [0.05, 0.1) is 24.8 Å². The van der Waals surface area contributed by atoms with Crippen LogP contribution < -0.4 is 4.90 Å². The van der Waals surface area contributed by atoms with Crippen LogP contribution in [0, 0.1) is 25.2 Å². The standard InChI is InChI=1S/C14H17ClN2O2/c1-11-5-3-6-12(2)14(11)17(13(18)9-15)10-19-8-4-7-16/h3,5-6H,4,8-10H2,1-2H3. The van der Waals surface area contributed by atoms with E-state index in [9.17, 15) is 4.79 Å². The van der Waals surface area contributed by atoms with E-state index in [0.717, 1.165) is 16.8 Å². The number of hydrogen-bond acceptors (Lipinski definition) is 3. The number of aryl methyl sites for hydroxylation is 2. The van der Waals surface area contributed by atoms with Crippen molar-refractivity contribution < 1.29 is 9.53 Å². The van der Waals surface area contributed by atoms with Gasteiger partial charge in [-0.2, -0.15) is 5.26 Å². The zero-order chi connectivity index (χ0) is 14.3. The molecule has 0 N–H and O–H groups in total. The van der Waals surface area contributed by atoms with Crippen molar-refractivity contribution in [1.82, 2.24) is 0 Å². The molecule has 0 atom stereocenters. The molecule has 0 radical (unpaired) electrons. The number of nitrogens with zero attached hydrogens (tertiary/aromatic N) is 2. The Balaban J connectivity index is 2.91. The van der Waals surface area contributed by atoms with Crippen LogP contribution in [0.15, 0.2) is 18.2 Å². The quantitative estimate of drug-likeness (QED) is 0.457. The molecule has 0 aliphatic carbocycles. The minimum Gasteiger partial charge on any atom is -0.360 e. The average Bonchev–Trinajstić information content (AvgIpc) is 2.40. The zero-order valence-corrected chi connectivity index (χ0v) is 11.9. The van der Waals surface area contributed by atoms with Gasteiger partial charge in [-0.3, -0.25) is 9.69 Å². The van der Waals surface area contributed by atoms with Gasteiger partial charge in [-0.15, -0.1) is 11.6 Å². The number of halogens is 1. The number of carbonyl (C=O) groups is 1. The predicted octanol–water partition coefficient (Wildman–Crippen LogP) is 2.76. The maximum absolute atomic E-state index is 11.9. The average molecular weight is 281 g/mol. The van der Waals surface area contributed by atoms with Crippen LogP contribution in [-0.2, 0) is 9.53 Å². The van der Waals surface area contributed by atoms with Gasteiger partial charge in [0.2, 0.25) is 5.91 Å². The van der Waals surface area contributed by atoms with Crippen LogP contribution in [0.25, 0.3) is 0 Å². The Hall–Kier alpha value is -1.57. The first-order valence-electron chi connectivity index (χ1n) is 5.99. The number of rotatable bonds is 6. The molecule has 1 rings (SSSR count). The molecule has 0 aromatic heterocycles. The fraction of sp³-hybridized carbons (Fsp3) is 0.429. The van der Waals surface area contributed by atoms with Crippen molar-refractivity contribution in [2.45, 2.75) is 20.3 Å². The van der Waals surface area contributed by atoms with E-state index in [2.05, 4.69) is 0 Å². The first kappa shape index (κ1) is 15.5. The number of alkyl halides is 1. The van der Waals surface area contributed by atoms with Gasteiger partial charge in [0.1, 0.15) is 12.6 Å². The van der Waals surface area contributed by atoms with Crippen LogP contribution in [-0.4, -0.2) is 25.1 Å². The minimum atomic E-state index is -0.212. The summed E-state index contributed by atoms with van der Waals surface area (Å²) in [5, 5.41) is 8.46. The summed E-state index contributed by atoms with van der Waals surface area (Å²) in [6.45, 7) is 4.28. The Labute approximate surface area is 118 Å². The molecule has 0 aliphatic heterocycles. The molecule has 102 valence electrons. The lowest BCUT2D eigenvalue weighted by Gasteiger charge is -2.25. The number of anilines is 1. The van der Waals surface area contributed by atoms with Crippen LogP contribution >= 0.6 is 11.6 Å². The molecule has 0 spiro atoms. The van der Waals surface area contributed by atoms with Gasteiger partial charge in [0.15, 0.2) is 0 Å². The monoisotopic (exact) mass is 280 g/mol. The Kier molecular flexibility index (Phi) is 6.34. The minimum absolute atomic E-state index is 0.102. The number of para-hydroxylation sites is 1. The summed E-state index contributed by atoms with van der Waals surface area (Å²) in [4.78, 5) is 13.5. The van der Waals surface area contributed by atoms with E-state index < -0.39 is 0 Å². The molecule has 1 aromatic carbocycles. The highest BCUT2D eigenvalue weighted by Crippen LogP contribution is 2.24. The molecule has 1 aromatic rings. The van der Waals surface area contributed by atoms with Crippen LogP contribution in [0.4, 0.5) is 5.69 Å². The molecule has 0 fully saturated rings. The number of ether oxygens (including phenoxy) is 1. The van der Waals surface area contributed by atoms with Crippen LogP contribution in [0.2, 0.25) is 0 Å². The lowest BCUT2D eigenvalue weighted by molar-refractivity contribution is -0.117. The molecule has 0 unspecified atom stereocenters. The number of nitriles is 1. The highest BCUT2D eigenvalue weighted by Gasteiger charge is 2.18. The maximum atomic E-state index is 11.9. The van der Waals surface area contributed by atoms with Crippen molar-refractivity contribution in [1.29, 1.82) is 5.26 Å². The third-order valence-corrected chi connectivity index (χ3v) is 2.93. The van der Waals surface area contributed by atoms with Gasteiger partial charge >= 0.3 is 0 Å². The Bertz CT molecular complexity index is 463. The van der Waals surface area contributed by atoms with Crippen molar-refractivity contribution in [2.24, 2.45) is 0 Å². The maximum Gasteiger partial charge on any atom is 0.243 e. The smallest absolute Gasteiger partial charge is 0.243 e. The highest BCUT2D eigenvalue weighted by atomic mass is 35.5. The summed E-state index contributed by atoms with van der Waals surface area (Å²) in [6.07, 6.45) is 0.301. The largest absolute Gasteiger partial charge is 0.360 e. The second-order valence-electron chi connectivity index (χ2n) is 4.14. The Morgan fingerprint density at radius 1 is 1.42 bits per heavy atom. The van der Waals surface area contributed by atoms with Gasteiger partial charge in [0, 0.05) is 0 Å². The second-order valence-corrected chi connectivity index (χ2v) is 4.41. The van der Waals surface area contributed by atoms with Crippen LogP contribution in [0.3, 0.4) is 0 Å².